The number of hydrogen-bond acceptors (Lipinski definition) is 3. The Morgan fingerprint density at radius 1 is 1.14 bits per heavy atom. The molecule has 2 aliphatic heterocycles. The topological polar surface area (TPSA) is 73.0 Å². The molecule has 0 radical (unpaired) electrons. The summed E-state index contributed by atoms with van der Waals surface area (Å²) in [4.78, 5) is 41.4. The van der Waals surface area contributed by atoms with Gasteiger partial charge in [0.1, 0.15) is 0 Å². The number of nitrogens with zero attached hydrogens (tertiary/aromatic N) is 3. The van der Waals surface area contributed by atoms with Crippen LogP contribution in [0.3, 0.4) is 0 Å². The molecule has 7 nitrogen and oxygen atoms in total. The molecule has 0 aliphatic carbocycles. The molecule has 1 N–H and O–H groups in total. The molecular weight excluding hydrogens is 284 g/mol. The van der Waals surface area contributed by atoms with E-state index in [9.17, 15) is 14.4 Å². The highest BCUT2D eigenvalue weighted by Gasteiger charge is 2.46. The smallest absolute Gasteiger partial charge is 0.317 e. The summed E-state index contributed by atoms with van der Waals surface area (Å²) in [5.74, 6) is 0.0714. The summed E-state index contributed by atoms with van der Waals surface area (Å²) >= 11 is 0. The molecule has 0 bridgehead atoms. The summed E-state index contributed by atoms with van der Waals surface area (Å²) in [6.45, 7) is 8.01. The SMILES string of the molecule is CC(=O)N1CCN(C(=O)NC(C)C)C[C@@]2(CC(=O)N(C)C2)C1. The average molecular weight is 310 g/mol. The number of hydrogen-bond donors (Lipinski definition) is 1. The van der Waals surface area contributed by atoms with Crippen LogP contribution < -0.4 is 5.32 Å². The van der Waals surface area contributed by atoms with Crippen molar-refractivity contribution in [3.8, 4) is 0 Å². The van der Waals surface area contributed by atoms with Gasteiger partial charge < -0.3 is 20.0 Å². The van der Waals surface area contributed by atoms with Crippen LogP contribution in [0.4, 0.5) is 4.79 Å². The first-order valence-corrected chi connectivity index (χ1v) is 7.77. The fourth-order valence-corrected chi connectivity index (χ4v) is 3.35. The van der Waals surface area contributed by atoms with Crippen LogP contribution in [0.25, 0.3) is 0 Å². The van der Waals surface area contributed by atoms with E-state index in [2.05, 4.69) is 5.32 Å². The Hall–Kier alpha value is -1.79. The summed E-state index contributed by atoms with van der Waals surface area (Å²) in [5, 5.41) is 2.90. The van der Waals surface area contributed by atoms with E-state index in [1.165, 1.54) is 6.92 Å². The van der Waals surface area contributed by atoms with Crippen molar-refractivity contribution in [3.63, 3.8) is 0 Å². The van der Waals surface area contributed by atoms with Crippen LogP contribution in [0.15, 0.2) is 0 Å². The van der Waals surface area contributed by atoms with E-state index in [0.717, 1.165) is 0 Å². The van der Waals surface area contributed by atoms with E-state index in [-0.39, 0.29) is 29.3 Å². The minimum atomic E-state index is -0.359. The van der Waals surface area contributed by atoms with Crippen molar-refractivity contribution in [2.75, 3.05) is 39.8 Å². The van der Waals surface area contributed by atoms with Gasteiger partial charge in [-0.2, -0.15) is 0 Å². The summed E-state index contributed by atoms with van der Waals surface area (Å²) in [7, 11) is 1.78. The maximum atomic E-state index is 12.4. The number of likely N-dealkylation sites (tertiary alicyclic amines) is 1. The van der Waals surface area contributed by atoms with Crippen molar-refractivity contribution in [2.24, 2.45) is 5.41 Å². The molecule has 0 aromatic carbocycles. The van der Waals surface area contributed by atoms with E-state index < -0.39 is 0 Å². The first-order chi connectivity index (χ1) is 10.2. The lowest BCUT2D eigenvalue weighted by molar-refractivity contribution is -0.130. The molecule has 124 valence electrons. The summed E-state index contributed by atoms with van der Waals surface area (Å²) < 4.78 is 0. The normalized spacial score (nSPS) is 25.9. The predicted octanol–water partition coefficient (Wildman–Crippen LogP) is 0.117. The van der Waals surface area contributed by atoms with Gasteiger partial charge in [-0.25, -0.2) is 4.79 Å². The second-order valence-electron chi connectivity index (χ2n) is 6.89. The fraction of sp³-hybridized carbons (Fsp3) is 0.800. The fourth-order valence-electron chi connectivity index (χ4n) is 3.35. The molecule has 0 saturated carbocycles. The van der Waals surface area contributed by atoms with E-state index in [1.807, 2.05) is 13.8 Å². The molecule has 1 atom stereocenters. The molecule has 0 aromatic rings. The molecule has 22 heavy (non-hydrogen) atoms. The van der Waals surface area contributed by atoms with Gasteiger partial charge in [-0.15, -0.1) is 0 Å². The van der Waals surface area contributed by atoms with Crippen molar-refractivity contribution in [1.82, 2.24) is 20.0 Å². The zero-order valence-electron chi connectivity index (χ0n) is 13.9. The largest absolute Gasteiger partial charge is 0.345 e. The van der Waals surface area contributed by atoms with Crippen LogP contribution in [0.2, 0.25) is 0 Å². The van der Waals surface area contributed by atoms with Crippen molar-refractivity contribution >= 4 is 17.8 Å². The monoisotopic (exact) mass is 310 g/mol. The number of carbonyl (C=O) groups is 3. The van der Waals surface area contributed by atoms with Gasteiger partial charge in [-0.1, -0.05) is 0 Å². The molecule has 7 heteroatoms. The highest BCUT2D eigenvalue weighted by Crippen LogP contribution is 2.34. The first-order valence-electron chi connectivity index (χ1n) is 7.77. The molecule has 2 heterocycles. The highest BCUT2D eigenvalue weighted by molar-refractivity contribution is 5.80. The maximum absolute atomic E-state index is 12.4. The van der Waals surface area contributed by atoms with Crippen molar-refractivity contribution in [2.45, 2.75) is 33.2 Å². The Kier molecular flexibility index (Phi) is 4.63. The van der Waals surface area contributed by atoms with Crippen molar-refractivity contribution < 1.29 is 14.4 Å². The standard InChI is InChI=1S/C15H26N4O3/c1-11(2)16-14(22)19-6-5-18(12(3)20)9-15(10-19)7-13(21)17(4)8-15/h11H,5-10H2,1-4H3,(H,16,22)/t15-/m1/s1. The lowest BCUT2D eigenvalue weighted by Gasteiger charge is -2.33. The lowest BCUT2D eigenvalue weighted by atomic mass is 9.86. The minimum absolute atomic E-state index is 0.00695. The van der Waals surface area contributed by atoms with E-state index in [0.29, 0.717) is 39.1 Å². The Morgan fingerprint density at radius 2 is 1.73 bits per heavy atom. The second kappa shape index (κ2) is 6.14. The van der Waals surface area contributed by atoms with Crippen LogP contribution in [0.1, 0.15) is 27.2 Å². The Morgan fingerprint density at radius 3 is 2.23 bits per heavy atom. The van der Waals surface area contributed by atoms with Gasteiger partial charge >= 0.3 is 6.03 Å². The van der Waals surface area contributed by atoms with Gasteiger partial charge in [0, 0.05) is 64.6 Å². The van der Waals surface area contributed by atoms with Crippen LogP contribution >= 0.6 is 0 Å². The van der Waals surface area contributed by atoms with Crippen LogP contribution in [0.5, 0.6) is 0 Å². The van der Waals surface area contributed by atoms with Gasteiger partial charge in [0.05, 0.1) is 0 Å². The maximum Gasteiger partial charge on any atom is 0.317 e. The summed E-state index contributed by atoms with van der Waals surface area (Å²) in [6, 6.07) is -0.0646. The van der Waals surface area contributed by atoms with Crippen LogP contribution in [0, 0.1) is 5.41 Å². The number of rotatable bonds is 1. The molecule has 4 amide bonds. The van der Waals surface area contributed by atoms with Crippen molar-refractivity contribution in [3.05, 3.63) is 0 Å². The van der Waals surface area contributed by atoms with Crippen molar-refractivity contribution in [1.29, 1.82) is 0 Å². The number of carbonyl (C=O) groups excluding carboxylic acids is 3. The molecule has 2 saturated heterocycles. The molecule has 2 aliphatic rings. The molecule has 0 aromatic heterocycles. The van der Waals surface area contributed by atoms with E-state index in [1.54, 1.807) is 21.7 Å². The van der Waals surface area contributed by atoms with Gasteiger partial charge in [0.15, 0.2) is 0 Å². The molecule has 2 rings (SSSR count). The molecular formula is C15H26N4O3. The average Bonchev–Trinajstić information content (AvgIpc) is 2.58. The third-order valence-corrected chi connectivity index (χ3v) is 4.36. The number of amides is 4. The quantitative estimate of drug-likeness (QED) is 0.747. The van der Waals surface area contributed by atoms with E-state index in [4.69, 9.17) is 0 Å². The van der Waals surface area contributed by atoms with Gasteiger partial charge in [-0.3, -0.25) is 9.59 Å². The highest BCUT2D eigenvalue weighted by atomic mass is 16.2. The predicted molar refractivity (Wildman–Crippen MR) is 82.2 cm³/mol. The third-order valence-electron chi connectivity index (χ3n) is 4.36. The minimum Gasteiger partial charge on any atom is -0.345 e. The zero-order chi connectivity index (χ0) is 16.5. The summed E-state index contributed by atoms with van der Waals surface area (Å²) in [6.07, 6.45) is 0.388. The summed E-state index contributed by atoms with van der Waals surface area (Å²) in [5.41, 5.74) is -0.359. The van der Waals surface area contributed by atoms with Gasteiger partial charge in [0.2, 0.25) is 11.8 Å². The van der Waals surface area contributed by atoms with Gasteiger partial charge in [0.25, 0.3) is 0 Å². The third kappa shape index (κ3) is 3.51. The zero-order valence-corrected chi connectivity index (χ0v) is 13.9. The molecule has 1 spiro atoms. The first kappa shape index (κ1) is 16.6. The van der Waals surface area contributed by atoms with E-state index >= 15 is 0 Å². The second-order valence-corrected chi connectivity index (χ2v) is 6.89. The van der Waals surface area contributed by atoms with Crippen LogP contribution in [-0.4, -0.2) is 78.4 Å². The molecule has 0 unspecified atom stereocenters. The Bertz CT molecular complexity index is 479. The Labute approximate surface area is 131 Å². The van der Waals surface area contributed by atoms with Crippen LogP contribution in [-0.2, 0) is 9.59 Å². The van der Waals surface area contributed by atoms with Gasteiger partial charge in [-0.05, 0) is 13.8 Å². The Balaban J connectivity index is 2.21. The lowest BCUT2D eigenvalue weighted by Crippen LogP contribution is -2.48. The number of urea groups is 1. The molecule has 2 fully saturated rings. The number of nitrogens with one attached hydrogen (secondary N) is 1.